The van der Waals surface area contributed by atoms with Gasteiger partial charge >= 0.3 is 0 Å². The summed E-state index contributed by atoms with van der Waals surface area (Å²) in [6.45, 7) is 5.34. The quantitative estimate of drug-likeness (QED) is 0.750. The van der Waals surface area contributed by atoms with Crippen LogP contribution in [-0.4, -0.2) is 57.7 Å². The summed E-state index contributed by atoms with van der Waals surface area (Å²) in [6, 6.07) is 8.07. The number of benzene rings is 1. The predicted octanol–water partition coefficient (Wildman–Crippen LogP) is 2.22. The Morgan fingerprint density at radius 3 is 2.31 bits per heavy atom. The average Bonchev–Trinajstić information content (AvgIpc) is 2.88. The molecule has 1 aromatic rings. The van der Waals surface area contributed by atoms with Crippen molar-refractivity contribution in [1.29, 1.82) is 0 Å². The van der Waals surface area contributed by atoms with Crippen molar-refractivity contribution in [2.45, 2.75) is 45.1 Å². The summed E-state index contributed by atoms with van der Waals surface area (Å²) in [5.41, 5.74) is 0.518. The molecule has 0 bridgehead atoms. The van der Waals surface area contributed by atoms with Crippen LogP contribution in [0.4, 0.5) is 5.69 Å². The lowest BCUT2D eigenvalue weighted by Crippen LogP contribution is -2.50. The molecule has 0 aliphatic carbocycles. The maximum atomic E-state index is 12.7. The van der Waals surface area contributed by atoms with E-state index in [9.17, 15) is 13.2 Å². The molecule has 1 saturated heterocycles. The summed E-state index contributed by atoms with van der Waals surface area (Å²) >= 11 is 0. The fraction of sp³-hybridized carbons (Fsp3) is 0.632. The molecule has 1 amide bonds. The minimum atomic E-state index is -3.56. The van der Waals surface area contributed by atoms with E-state index in [0.717, 1.165) is 25.9 Å². The van der Waals surface area contributed by atoms with Gasteiger partial charge in [0.05, 0.1) is 11.9 Å². The van der Waals surface area contributed by atoms with Gasteiger partial charge in [-0.05, 0) is 44.5 Å². The van der Waals surface area contributed by atoms with Gasteiger partial charge in [-0.2, -0.15) is 0 Å². The van der Waals surface area contributed by atoms with Gasteiger partial charge in [0.2, 0.25) is 15.9 Å². The monoisotopic (exact) mass is 381 g/mol. The number of likely N-dealkylation sites (tertiary alicyclic amines) is 1. The molecule has 7 heteroatoms. The Labute approximate surface area is 157 Å². The molecule has 0 spiro atoms. The van der Waals surface area contributed by atoms with Gasteiger partial charge in [-0.1, -0.05) is 38.0 Å². The molecule has 1 atom stereocenters. The molecule has 0 aromatic heterocycles. The second-order valence-corrected chi connectivity index (χ2v) is 8.72. The third-order valence-corrected chi connectivity index (χ3v) is 5.95. The summed E-state index contributed by atoms with van der Waals surface area (Å²) in [7, 11) is -3.56. The van der Waals surface area contributed by atoms with Gasteiger partial charge in [-0.15, -0.1) is 0 Å². The van der Waals surface area contributed by atoms with Crippen LogP contribution in [0, 0.1) is 0 Å². The standard InChI is InChI=1S/C19H31N3O3S/c1-3-18(22(26(2,24)25)17-11-7-6-8-12-17)19(23)20-13-16-21-14-9-4-5-10-15-21/h6-8,11-12,18H,3-5,9-10,13-16H2,1-2H3,(H,20,23)/t18-/m1/s1. The molecule has 1 aromatic carbocycles. The molecule has 1 fully saturated rings. The maximum absolute atomic E-state index is 12.7. The number of nitrogens with zero attached hydrogens (tertiary/aromatic N) is 2. The number of amides is 1. The van der Waals surface area contributed by atoms with Crippen molar-refractivity contribution in [2.24, 2.45) is 0 Å². The van der Waals surface area contributed by atoms with E-state index in [1.807, 2.05) is 13.0 Å². The molecule has 1 aliphatic rings. The molecular formula is C19H31N3O3S. The van der Waals surface area contributed by atoms with Crippen molar-refractivity contribution < 1.29 is 13.2 Å². The van der Waals surface area contributed by atoms with Gasteiger partial charge in [-0.3, -0.25) is 9.10 Å². The number of sulfonamides is 1. The minimum absolute atomic E-state index is 0.239. The molecule has 0 radical (unpaired) electrons. The minimum Gasteiger partial charge on any atom is -0.353 e. The fourth-order valence-electron chi connectivity index (χ4n) is 3.45. The first-order valence-corrected chi connectivity index (χ1v) is 11.3. The number of carbonyl (C=O) groups is 1. The van der Waals surface area contributed by atoms with Gasteiger partial charge < -0.3 is 10.2 Å². The summed E-state index contributed by atoms with van der Waals surface area (Å²) in [4.78, 5) is 15.1. The largest absolute Gasteiger partial charge is 0.353 e. The number of hydrogen-bond acceptors (Lipinski definition) is 4. The molecule has 0 unspecified atom stereocenters. The Kier molecular flexibility index (Phi) is 7.90. The third-order valence-electron chi connectivity index (χ3n) is 4.77. The van der Waals surface area contributed by atoms with Crippen LogP contribution in [0.3, 0.4) is 0 Å². The molecule has 1 heterocycles. The second-order valence-electron chi connectivity index (χ2n) is 6.87. The van der Waals surface area contributed by atoms with E-state index >= 15 is 0 Å². The van der Waals surface area contributed by atoms with Crippen LogP contribution in [0.5, 0.6) is 0 Å². The second kappa shape index (κ2) is 9.92. The lowest BCUT2D eigenvalue weighted by molar-refractivity contribution is -0.122. The number of rotatable bonds is 8. The van der Waals surface area contributed by atoms with E-state index in [0.29, 0.717) is 18.7 Å². The molecule has 0 saturated carbocycles. The van der Waals surface area contributed by atoms with E-state index in [1.54, 1.807) is 24.3 Å². The fourth-order valence-corrected chi connectivity index (χ4v) is 4.66. The summed E-state index contributed by atoms with van der Waals surface area (Å²) in [5, 5.41) is 2.94. The van der Waals surface area contributed by atoms with Crippen LogP contribution in [0.1, 0.15) is 39.0 Å². The highest BCUT2D eigenvalue weighted by Crippen LogP contribution is 2.22. The van der Waals surface area contributed by atoms with Gasteiger partial charge in [0.25, 0.3) is 0 Å². The summed E-state index contributed by atoms with van der Waals surface area (Å²) in [6.07, 6.45) is 6.54. The molecule has 26 heavy (non-hydrogen) atoms. The summed E-state index contributed by atoms with van der Waals surface area (Å²) in [5.74, 6) is -0.239. The first-order valence-electron chi connectivity index (χ1n) is 9.48. The SMILES string of the molecule is CC[C@H](C(=O)NCCN1CCCCCC1)N(c1ccccc1)S(C)(=O)=O. The van der Waals surface area contributed by atoms with Crippen LogP contribution >= 0.6 is 0 Å². The zero-order valence-electron chi connectivity index (χ0n) is 15.9. The van der Waals surface area contributed by atoms with Crippen molar-refractivity contribution >= 4 is 21.6 Å². The first-order chi connectivity index (χ1) is 12.4. The molecule has 1 aliphatic heterocycles. The Bertz CT molecular complexity index is 656. The van der Waals surface area contributed by atoms with Gasteiger partial charge in [0.15, 0.2) is 0 Å². The van der Waals surface area contributed by atoms with Crippen LogP contribution in [0.2, 0.25) is 0 Å². The van der Waals surface area contributed by atoms with Crippen molar-refractivity contribution in [3.63, 3.8) is 0 Å². The van der Waals surface area contributed by atoms with Crippen LogP contribution in [-0.2, 0) is 14.8 Å². The van der Waals surface area contributed by atoms with Gasteiger partial charge in [0, 0.05) is 13.1 Å². The number of nitrogens with one attached hydrogen (secondary N) is 1. The summed E-state index contributed by atoms with van der Waals surface area (Å²) < 4.78 is 25.9. The highest BCUT2D eigenvalue weighted by Gasteiger charge is 2.31. The van der Waals surface area contributed by atoms with E-state index in [1.165, 1.54) is 30.0 Å². The molecule has 146 valence electrons. The molecule has 6 nitrogen and oxygen atoms in total. The number of carbonyl (C=O) groups excluding carboxylic acids is 1. The topological polar surface area (TPSA) is 69.7 Å². The zero-order valence-corrected chi connectivity index (χ0v) is 16.7. The van der Waals surface area contributed by atoms with Crippen LogP contribution in [0.15, 0.2) is 30.3 Å². The van der Waals surface area contributed by atoms with E-state index < -0.39 is 16.1 Å². The predicted molar refractivity (Wildman–Crippen MR) is 106 cm³/mol. The normalized spacial score (nSPS) is 17.3. The average molecular weight is 382 g/mol. The van der Waals surface area contributed by atoms with Crippen molar-refractivity contribution in [2.75, 3.05) is 36.7 Å². The molecule has 2 rings (SSSR count). The van der Waals surface area contributed by atoms with Crippen molar-refractivity contribution in [3.8, 4) is 0 Å². The smallest absolute Gasteiger partial charge is 0.243 e. The zero-order chi connectivity index (χ0) is 19.0. The van der Waals surface area contributed by atoms with Crippen molar-refractivity contribution in [1.82, 2.24) is 10.2 Å². The van der Waals surface area contributed by atoms with E-state index in [2.05, 4.69) is 10.2 Å². The van der Waals surface area contributed by atoms with Crippen LogP contribution < -0.4 is 9.62 Å². The highest BCUT2D eigenvalue weighted by molar-refractivity contribution is 7.92. The first kappa shape index (κ1) is 20.7. The number of hydrogen-bond donors (Lipinski definition) is 1. The third kappa shape index (κ3) is 5.99. The number of para-hydroxylation sites is 1. The lowest BCUT2D eigenvalue weighted by Gasteiger charge is -2.30. The molecule has 1 N–H and O–H groups in total. The van der Waals surface area contributed by atoms with Gasteiger partial charge in [0.1, 0.15) is 6.04 Å². The Balaban J connectivity index is 2.01. The Hall–Kier alpha value is -1.60. The Morgan fingerprint density at radius 1 is 1.15 bits per heavy atom. The molecular weight excluding hydrogens is 350 g/mol. The highest BCUT2D eigenvalue weighted by atomic mass is 32.2. The van der Waals surface area contributed by atoms with E-state index in [-0.39, 0.29) is 5.91 Å². The van der Waals surface area contributed by atoms with Crippen LogP contribution in [0.25, 0.3) is 0 Å². The van der Waals surface area contributed by atoms with E-state index in [4.69, 9.17) is 0 Å². The maximum Gasteiger partial charge on any atom is 0.243 e. The van der Waals surface area contributed by atoms with Gasteiger partial charge in [-0.25, -0.2) is 8.42 Å². The van der Waals surface area contributed by atoms with Crippen molar-refractivity contribution in [3.05, 3.63) is 30.3 Å². The Morgan fingerprint density at radius 2 is 1.77 bits per heavy atom. The lowest BCUT2D eigenvalue weighted by atomic mass is 10.2. The number of anilines is 1.